The Morgan fingerprint density at radius 2 is 2.23 bits per heavy atom. The second kappa shape index (κ2) is 6.41. The Balaban J connectivity index is 1.49. The Hall–Kier alpha value is -0.730. The smallest absolute Gasteiger partial charge is 0.223 e. The molecule has 6 nitrogen and oxygen atoms in total. The molecule has 0 aromatic carbocycles. The molecule has 2 fully saturated rings. The van der Waals surface area contributed by atoms with Crippen LogP contribution in [0.1, 0.15) is 32.0 Å². The molecule has 0 bridgehead atoms. The second-order valence-corrected chi connectivity index (χ2v) is 8.93. The number of aromatic nitrogens is 3. The number of carbonyl (C=O) groups is 1. The second-order valence-electron chi connectivity index (χ2n) is 6.37. The largest absolute Gasteiger partial charge is 0.384 e. The van der Waals surface area contributed by atoms with Crippen LogP contribution in [0.15, 0.2) is 6.20 Å². The van der Waals surface area contributed by atoms with Gasteiger partial charge in [0.15, 0.2) is 0 Å². The van der Waals surface area contributed by atoms with E-state index in [0.717, 1.165) is 11.5 Å². The molecule has 1 amide bonds. The Bertz CT molecular complexity index is 531. The van der Waals surface area contributed by atoms with E-state index >= 15 is 0 Å². The van der Waals surface area contributed by atoms with Crippen molar-refractivity contribution in [1.29, 1.82) is 0 Å². The third-order valence-electron chi connectivity index (χ3n) is 4.01. The maximum Gasteiger partial charge on any atom is 0.223 e. The van der Waals surface area contributed by atoms with E-state index in [4.69, 9.17) is 0 Å². The van der Waals surface area contributed by atoms with Crippen LogP contribution in [-0.2, 0) is 10.4 Å². The van der Waals surface area contributed by atoms with Crippen LogP contribution in [0.2, 0.25) is 0 Å². The zero-order valence-electron chi connectivity index (χ0n) is 12.9. The molecule has 2 saturated heterocycles. The Kier molecular flexibility index (Phi) is 4.70. The molecule has 8 heteroatoms. The van der Waals surface area contributed by atoms with Crippen molar-refractivity contribution < 1.29 is 9.90 Å². The molecule has 0 saturated carbocycles. The maximum absolute atomic E-state index is 12.3. The third-order valence-corrected chi connectivity index (χ3v) is 6.86. The van der Waals surface area contributed by atoms with Gasteiger partial charge in [0.2, 0.25) is 5.91 Å². The van der Waals surface area contributed by atoms with Gasteiger partial charge in [0.05, 0.1) is 12.2 Å². The van der Waals surface area contributed by atoms with Crippen LogP contribution in [-0.4, -0.2) is 66.5 Å². The highest BCUT2D eigenvalue weighted by Gasteiger charge is 2.34. The molecule has 3 heterocycles. The normalized spacial score (nSPS) is 23.4. The lowest BCUT2D eigenvalue weighted by molar-refractivity contribution is -0.137. The number of likely N-dealkylation sites (tertiary alicyclic amines) is 1. The van der Waals surface area contributed by atoms with Crippen molar-refractivity contribution in [3.05, 3.63) is 11.9 Å². The summed E-state index contributed by atoms with van der Waals surface area (Å²) in [6.45, 7) is 4.77. The summed E-state index contributed by atoms with van der Waals surface area (Å²) in [6, 6.07) is 0.181. The summed E-state index contributed by atoms with van der Waals surface area (Å²) in [5.74, 6) is 3.70. The SMILES string of the molecule is CC(C)(O)c1cn(C2CN(C(=O)CC3CSCCS3)C2)nn1. The van der Waals surface area contributed by atoms with Crippen molar-refractivity contribution in [3.63, 3.8) is 0 Å². The number of hydrogen-bond acceptors (Lipinski definition) is 6. The van der Waals surface area contributed by atoms with Gasteiger partial charge in [-0.2, -0.15) is 23.5 Å². The van der Waals surface area contributed by atoms with E-state index in [1.165, 1.54) is 5.75 Å². The lowest BCUT2D eigenvalue weighted by Gasteiger charge is -2.39. The Labute approximate surface area is 139 Å². The van der Waals surface area contributed by atoms with E-state index in [1.54, 1.807) is 24.7 Å². The van der Waals surface area contributed by atoms with Gasteiger partial charge in [-0.05, 0) is 13.8 Å². The minimum Gasteiger partial charge on any atom is -0.384 e. The van der Waals surface area contributed by atoms with Gasteiger partial charge in [-0.15, -0.1) is 5.10 Å². The van der Waals surface area contributed by atoms with E-state index < -0.39 is 5.60 Å². The average molecular weight is 342 g/mol. The summed E-state index contributed by atoms with van der Waals surface area (Å²) in [5, 5.41) is 18.5. The number of rotatable bonds is 4. The zero-order chi connectivity index (χ0) is 15.7. The predicted octanol–water partition coefficient (Wildman–Crippen LogP) is 1.13. The van der Waals surface area contributed by atoms with E-state index in [0.29, 0.717) is 30.5 Å². The van der Waals surface area contributed by atoms with Crippen molar-refractivity contribution in [2.75, 3.05) is 30.3 Å². The van der Waals surface area contributed by atoms with Crippen molar-refractivity contribution in [3.8, 4) is 0 Å². The highest BCUT2D eigenvalue weighted by molar-refractivity contribution is 8.06. The van der Waals surface area contributed by atoms with Crippen LogP contribution in [0.25, 0.3) is 0 Å². The van der Waals surface area contributed by atoms with Crippen LogP contribution < -0.4 is 0 Å². The summed E-state index contributed by atoms with van der Waals surface area (Å²) in [5.41, 5.74) is -0.416. The highest BCUT2D eigenvalue weighted by Crippen LogP contribution is 2.29. The van der Waals surface area contributed by atoms with Gasteiger partial charge in [-0.25, -0.2) is 4.68 Å². The fourth-order valence-electron chi connectivity index (χ4n) is 2.54. The first-order valence-electron chi connectivity index (χ1n) is 7.55. The Morgan fingerprint density at radius 3 is 2.82 bits per heavy atom. The summed E-state index contributed by atoms with van der Waals surface area (Å²) in [6.07, 6.45) is 2.43. The lowest BCUT2D eigenvalue weighted by Crippen LogP contribution is -2.51. The lowest BCUT2D eigenvalue weighted by atomic mass is 10.1. The maximum atomic E-state index is 12.3. The third kappa shape index (κ3) is 3.60. The van der Waals surface area contributed by atoms with Crippen LogP contribution in [0.5, 0.6) is 0 Å². The summed E-state index contributed by atoms with van der Waals surface area (Å²) in [7, 11) is 0. The minimum atomic E-state index is -0.979. The quantitative estimate of drug-likeness (QED) is 0.884. The fraction of sp³-hybridized carbons (Fsp3) is 0.786. The van der Waals surface area contributed by atoms with Crippen LogP contribution in [0, 0.1) is 0 Å². The fourth-order valence-corrected chi connectivity index (χ4v) is 5.21. The molecule has 22 heavy (non-hydrogen) atoms. The molecule has 0 radical (unpaired) electrons. The van der Waals surface area contributed by atoms with Crippen LogP contribution in [0.3, 0.4) is 0 Å². The molecular formula is C14H22N4O2S2. The molecular weight excluding hydrogens is 320 g/mol. The van der Waals surface area contributed by atoms with Crippen LogP contribution in [0.4, 0.5) is 0 Å². The van der Waals surface area contributed by atoms with Gasteiger partial charge in [-0.1, -0.05) is 5.21 Å². The number of thioether (sulfide) groups is 2. The predicted molar refractivity (Wildman–Crippen MR) is 89.1 cm³/mol. The minimum absolute atomic E-state index is 0.181. The summed E-state index contributed by atoms with van der Waals surface area (Å²) < 4.78 is 1.77. The van der Waals surface area contributed by atoms with Crippen molar-refractivity contribution in [2.45, 2.75) is 37.2 Å². The molecule has 3 rings (SSSR count). The van der Waals surface area contributed by atoms with E-state index in [1.807, 2.05) is 28.4 Å². The Morgan fingerprint density at radius 1 is 1.45 bits per heavy atom. The van der Waals surface area contributed by atoms with Crippen molar-refractivity contribution in [1.82, 2.24) is 19.9 Å². The molecule has 1 unspecified atom stereocenters. The van der Waals surface area contributed by atoms with Gasteiger partial charge >= 0.3 is 0 Å². The van der Waals surface area contributed by atoms with Gasteiger partial charge in [-0.3, -0.25) is 4.79 Å². The molecule has 0 spiro atoms. The standard InChI is InChI=1S/C14H22N4O2S2/c1-14(2,20)12-8-18(16-15-12)10-6-17(7-10)13(19)5-11-9-21-3-4-22-11/h8,10-11,20H,3-7,9H2,1-2H3. The van der Waals surface area contributed by atoms with Gasteiger partial charge in [0.25, 0.3) is 0 Å². The molecule has 1 aromatic rings. The number of nitrogens with zero attached hydrogens (tertiary/aromatic N) is 4. The molecule has 1 atom stereocenters. The number of hydrogen-bond donors (Lipinski definition) is 1. The van der Waals surface area contributed by atoms with Crippen molar-refractivity contribution >= 4 is 29.4 Å². The van der Waals surface area contributed by atoms with E-state index in [-0.39, 0.29) is 11.9 Å². The topological polar surface area (TPSA) is 71.2 Å². The van der Waals surface area contributed by atoms with E-state index in [2.05, 4.69) is 10.3 Å². The molecule has 1 N–H and O–H groups in total. The first-order chi connectivity index (χ1) is 10.4. The molecule has 2 aliphatic rings. The highest BCUT2D eigenvalue weighted by atomic mass is 32.2. The first kappa shape index (κ1) is 16.1. The average Bonchev–Trinajstić information content (AvgIpc) is 2.87. The van der Waals surface area contributed by atoms with E-state index in [9.17, 15) is 9.90 Å². The van der Waals surface area contributed by atoms with Crippen molar-refractivity contribution in [2.24, 2.45) is 0 Å². The molecule has 122 valence electrons. The van der Waals surface area contributed by atoms with Crippen LogP contribution >= 0.6 is 23.5 Å². The van der Waals surface area contributed by atoms with Gasteiger partial charge < -0.3 is 10.0 Å². The summed E-state index contributed by atoms with van der Waals surface area (Å²) >= 11 is 3.87. The molecule has 1 aromatic heterocycles. The zero-order valence-corrected chi connectivity index (χ0v) is 14.6. The number of amides is 1. The monoisotopic (exact) mass is 342 g/mol. The molecule has 0 aliphatic carbocycles. The van der Waals surface area contributed by atoms with Gasteiger partial charge in [0, 0.05) is 42.0 Å². The first-order valence-corrected chi connectivity index (χ1v) is 9.75. The summed E-state index contributed by atoms with van der Waals surface area (Å²) in [4.78, 5) is 14.2. The molecule has 2 aliphatic heterocycles. The van der Waals surface area contributed by atoms with Gasteiger partial charge in [0.1, 0.15) is 11.3 Å². The number of carbonyl (C=O) groups excluding carboxylic acids is 1. The number of aliphatic hydroxyl groups is 1.